The number of carboxylic acid groups (broad SMARTS) is 2. The number of benzene rings is 1. The van der Waals surface area contributed by atoms with E-state index >= 15 is 0 Å². The van der Waals surface area contributed by atoms with Crippen molar-refractivity contribution in [3.05, 3.63) is 47.4 Å². The molecular weight excluding hydrogens is 1040 g/mol. The van der Waals surface area contributed by atoms with Gasteiger partial charge in [0.2, 0.25) is 29.5 Å². The van der Waals surface area contributed by atoms with Crippen LogP contribution in [0.1, 0.15) is 66.6 Å². The molecule has 0 radical (unpaired) electrons. The van der Waals surface area contributed by atoms with E-state index < -0.39 is 135 Å². The summed E-state index contributed by atoms with van der Waals surface area (Å²) in [4.78, 5) is 132. The van der Waals surface area contributed by atoms with Crippen LogP contribution < -0.4 is 37.2 Å². The van der Waals surface area contributed by atoms with Gasteiger partial charge in [0, 0.05) is 76.6 Å². The van der Waals surface area contributed by atoms with E-state index in [4.69, 9.17) is 0 Å². The number of hydrogen-bond donors (Lipinski definition) is 17. The van der Waals surface area contributed by atoms with E-state index in [0.29, 0.717) is 43.3 Å². The molecule has 2 aromatic rings. The Bertz CT molecular complexity index is 2420. The summed E-state index contributed by atoms with van der Waals surface area (Å²) in [6.07, 6.45) is -15.3. The van der Waals surface area contributed by atoms with E-state index in [0.717, 1.165) is 0 Å². The van der Waals surface area contributed by atoms with Gasteiger partial charge in [-0.25, -0.2) is 19.8 Å². The zero-order chi connectivity index (χ0) is 58.4. The van der Waals surface area contributed by atoms with Gasteiger partial charge in [0.15, 0.2) is 17.3 Å². The van der Waals surface area contributed by atoms with Crippen LogP contribution in [0.2, 0.25) is 0 Å². The highest BCUT2D eigenvalue weighted by Crippen LogP contribution is 2.18. The molecule has 432 valence electrons. The number of hydrogen-bond acceptors (Lipinski definition) is 23. The van der Waals surface area contributed by atoms with Gasteiger partial charge in [0.25, 0.3) is 5.91 Å². The lowest BCUT2D eigenvalue weighted by Crippen LogP contribution is -2.64. The first kappa shape index (κ1) is 65.1. The predicted octanol–water partition coefficient (Wildman–Crippen LogP) is -7.07. The number of aromatic nitrogens is 2. The second kappa shape index (κ2) is 31.9. The molecule has 31 nitrogen and oxygen atoms in total. The first-order chi connectivity index (χ1) is 36.8. The van der Waals surface area contributed by atoms with Gasteiger partial charge in [-0.3, -0.25) is 48.2 Å². The lowest BCUT2D eigenvalue weighted by Gasteiger charge is -2.34. The summed E-state index contributed by atoms with van der Waals surface area (Å²) in [6.45, 7) is 4.78. The lowest BCUT2D eigenvalue weighted by molar-refractivity contribution is -0.145. The van der Waals surface area contributed by atoms with Crippen molar-refractivity contribution in [2.24, 2.45) is 4.99 Å². The number of carbonyl (C=O) groups is 9. The number of aliphatic hydroxyl groups is 8. The van der Waals surface area contributed by atoms with Crippen molar-refractivity contribution in [2.45, 2.75) is 107 Å². The minimum absolute atomic E-state index is 0.0227. The van der Waals surface area contributed by atoms with Crippen LogP contribution in [0, 0.1) is 0 Å². The number of piperazine rings is 1. The van der Waals surface area contributed by atoms with Crippen molar-refractivity contribution in [3.63, 3.8) is 0 Å². The van der Waals surface area contributed by atoms with Gasteiger partial charge in [0.05, 0.1) is 44.6 Å². The van der Waals surface area contributed by atoms with Gasteiger partial charge in [-0.05, 0) is 44.5 Å². The van der Waals surface area contributed by atoms with Gasteiger partial charge >= 0.3 is 11.9 Å². The molecule has 0 unspecified atom stereocenters. The fraction of sp³-hybridized carbons (Fsp3) is 0.574. The third-order valence-corrected chi connectivity index (χ3v) is 11.9. The molecule has 3 rings (SSSR count). The van der Waals surface area contributed by atoms with Crippen LogP contribution in [0.15, 0.2) is 35.5 Å². The van der Waals surface area contributed by atoms with E-state index in [2.05, 4.69) is 36.2 Å². The number of amides is 6. The number of likely N-dealkylation sites (N-methyl/N-ethyl adjacent to an activating group) is 1. The first-order valence-corrected chi connectivity index (χ1v) is 24.4. The van der Waals surface area contributed by atoms with Gasteiger partial charge in [-0.2, -0.15) is 0 Å². The Morgan fingerprint density at radius 3 is 1.79 bits per heavy atom. The number of carbonyl (C=O) groups excluding carboxylic acids is 7. The number of carboxylic acids is 2. The number of rotatable bonds is 32. The summed E-state index contributed by atoms with van der Waals surface area (Å²) < 4.78 is 0. The lowest BCUT2D eigenvalue weighted by atomic mass is 9.98. The first-order valence-electron chi connectivity index (χ1n) is 24.4. The third kappa shape index (κ3) is 20.6. The molecule has 1 aliphatic heterocycles. The molecule has 0 spiro atoms. The summed E-state index contributed by atoms with van der Waals surface area (Å²) in [6, 6.07) is -3.03. The normalized spacial score (nSPS) is 16.7. The Labute approximate surface area is 446 Å². The molecule has 1 aromatic heterocycles. The largest absolute Gasteiger partial charge is 0.481 e. The molecule has 78 heavy (non-hydrogen) atoms. The smallest absolute Gasteiger partial charge is 0.326 e. The SMILES string of the molecule is CNC(=O)CN1CCN(CCNC(=O)[C@@H](NC(=O)[C@H](CC(=O)O)NC(=O)[C@@H](NC(=O)CC[C@H](NC(=O)c2ccc(NCc3cnc(N=C(C)C)c(C(C)=O)n3)cc2)C(=O)O)[C@@H](O)[C@H](O)[C@H](O)CO)[C@@H](O)[C@H](O)[C@H](O)CO)CC1. The number of aliphatic hydroxyl groups excluding tert-OH is 8. The number of nitrogens with one attached hydrogen (secondary N) is 7. The Morgan fingerprint density at radius 2 is 1.27 bits per heavy atom. The second-order valence-electron chi connectivity index (χ2n) is 18.2. The number of aliphatic carboxylic acids is 2. The van der Waals surface area contributed by atoms with Gasteiger partial charge in [0.1, 0.15) is 60.8 Å². The third-order valence-electron chi connectivity index (χ3n) is 11.9. The van der Waals surface area contributed by atoms with Crippen molar-refractivity contribution in [2.75, 3.05) is 71.4 Å². The molecule has 0 aliphatic carbocycles. The number of aliphatic imine (C=N–C) groups is 1. The Kier molecular flexibility index (Phi) is 26.6. The van der Waals surface area contributed by atoms with Crippen LogP contribution in [0.5, 0.6) is 0 Å². The summed E-state index contributed by atoms with van der Waals surface area (Å²) in [5.41, 5.74) is 1.59. The highest BCUT2D eigenvalue weighted by Gasteiger charge is 2.41. The quantitative estimate of drug-likeness (QED) is 0.0239. The van der Waals surface area contributed by atoms with Crippen LogP contribution >= 0.6 is 0 Å². The van der Waals surface area contributed by atoms with Crippen LogP contribution in [0.4, 0.5) is 11.5 Å². The number of Topliss-reactive ketones (excluding diaryl/α,β-unsaturated/α-hetero) is 1. The van der Waals surface area contributed by atoms with Crippen LogP contribution in [0.3, 0.4) is 0 Å². The standard InChI is InChI=1S/C47H70N12O19/c1-23(2)52-42-35(24(3)62)53-27(19-51-42)18-50-26-7-5-25(6-8-26)43(73)54-28(47(77)78)9-10-32(65)56-37(41(72)39(70)31(64)22-61)46(76)55-29(17-34(67)68)44(74)57-36(40(71)38(69)30(63)21-60)45(75)49-11-12-58-13-15-59(16-14-58)20-33(66)48-4/h5-8,19,28-31,36-41,50,60-61,63-64,69-72H,9-18,20-22H2,1-4H3,(H,48,66)(H,49,75)(H,54,73)(H,55,76)(H,56,65)(H,57,74)(H,67,68)(H,77,78)/t28-,29-,30+,31+,36-,37-,38+,39+,40+,41+/m0/s1. The maximum atomic E-state index is 13.8. The van der Waals surface area contributed by atoms with E-state index in [1.54, 1.807) is 13.8 Å². The minimum Gasteiger partial charge on any atom is -0.481 e. The fourth-order valence-electron chi connectivity index (χ4n) is 7.46. The van der Waals surface area contributed by atoms with E-state index in [-0.39, 0.29) is 54.9 Å². The summed E-state index contributed by atoms with van der Waals surface area (Å²) in [5, 5.41) is 118. The maximum absolute atomic E-state index is 13.8. The molecule has 0 bridgehead atoms. The monoisotopic (exact) mass is 1110 g/mol. The predicted molar refractivity (Wildman–Crippen MR) is 271 cm³/mol. The van der Waals surface area contributed by atoms with Crippen LogP contribution in [-0.4, -0.2) is 257 Å². The zero-order valence-electron chi connectivity index (χ0n) is 43.2. The maximum Gasteiger partial charge on any atom is 0.326 e. The fourth-order valence-corrected chi connectivity index (χ4v) is 7.46. The van der Waals surface area contributed by atoms with E-state index in [9.17, 15) is 94.2 Å². The minimum atomic E-state index is -2.55. The molecule has 17 N–H and O–H groups in total. The Balaban J connectivity index is 1.74. The average molecular weight is 1110 g/mol. The molecule has 10 atom stereocenters. The van der Waals surface area contributed by atoms with E-state index in [1.807, 2.05) is 25.8 Å². The van der Waals surface area contributed by atoms with Crippen molar-refractivity contribution in [3.8, 4) is 0 Å². The van der Waals surface area contributed by atoms with Gasteiger partial charge in [-0.1, -0.05) is 0 Å². The van der Waals surface area contributed by atoms with Crippen molar-refractivity contribution >= 4 is 70.4 Å². The molecule has 6 amide bonds. The van der Waals surface area contributed by atoms with Crippen molar-refractivity contribution in [1.29, 1.82) is 0 Å². The van der Waals surface area contributed by atoms with Crippen molar-refractivity contribution in [1.82, 2.24) is 51.7 Å². The van der Waals surface area contributed by atoms with Gasteiger partial charge < -0.3 is 88.3 Å². The molecule has 1 aliphatic rings. The van der Waals surface area contributed by atoms with Crippen LogP contribution in [0.25, 0.3) is 0 Å². The molecule has 0 saturated carbocycles. The second-order valence-corrected chi connectivity index (χ2v) is 18.2. The summed E-state index contributed by atoms with van der Waals surface area (Å²) in [5.74, 6) is -10.3. The molecule has 1 saturated heterocycles. The molecule has 31 heteroatoms. The van der Waals surface area contributed by atoms with Gasteiger partial charge in [-0.15, -0.1) is 0 Å². The molecule has 1 fully saturated rings. The zero-order valence-corrected chi connectivity index (χ0v) is 43.2. The molecule has 1 aromatic carbocycles. The number of nitrogens with zero attached hydrogens (tertiary/aromatic N) is 5. The van der Waals surface area contributed by atoms with Crippen molar-refractivity contribution < 1.29 is 94.2 Å². The van der Waals surface area contributed by atoms with E-state index in [1.165, 1.54) is 44.4 Å². The molecule has 2 heterocycles. The average Bonchev–Trinajstić information content (AvgIpc) is 3.42. The highest BCUT2D eigenvalue weighted by molar-refractivity contribution is 5.99. The molecular formula is C47H70N12O19. The Morgan fingerprint density at radius 1 is 0.692 bits per heavy atom. The number of anilines is 1. The Hall–Kier alpha value is -7.20. The highest BCUT2D eigenvalue weighted by atomic mass is 16.4. The topological polar surface area (TPSA) is 485 Å². The summed E-state index contributed by atoms with van der Waals surface area (Å²) in [7, 11) is 1.50. The summed E-state index contributed by atoms with van der Waals surface area (Å²) >= 11 is 0. The van der Waals surface area contributed by atoms with Crippen LogP contribution in [-0.2, 0) is 40.1 Å². The number of ketones is 1.